The minimum absolute atomic E-state index is 0.0873. The maximum atomic E-state index is 12.3. The Bertz CT molecular complexity index is 932. The summed E-state index contributed by atoms with van der Waals surface area (Å²) in [6.45, 7) is 1.56. The predicted molar refractivity (Wildman–Crippen MR) is 105 cm³/mol. The van der Waals surface area contributed by atoms with Gasteiger partial charge in [-0.15, -0.1) is 0 Å². The van der Waals surface area contributed by atoms with Crippen molar-refractivity contribution in [2.45, 2.75) is 19.6 Å². The number of hydrogen-bond donors (Lipinski definition) is 2. The fourth-order valence-electron chi connectivity index (χ4n) is 2.59. The average molecular weight is 402 g/mol. The summed E-state index contributed by atoms with van der Waals surface area (Å²) < 4.78 is 17.9. The molecule has 3 rings (SSSR count). The van der Waals surface area contributed by atoms with Crippen LogP contribution in [0, 0.1) is 4.77 Å². The molecule has 0 fully saturated rings. The van der Waals surface area contributed by atoms with Gasteiger partial charge in [-0.05, 0) is 55.0 Å². The highest BCUT2D eigenvalue weighted by atomic mass is 32.1. The van der Waals surface area contributed by atoms with E-state index in [9.17, 15) is 4.79 Å². The number of furan rings is 1. The lowest BCUT2D eigenvalue weighted by atomic mass is 10.2. The Morgan fingerprint density at radius 3 is 2.86 bits per heavy atom. The molecule has 148 valence electrons. The van der Waals surface area contributed by atoms with E-state index in [2.05, 4.69) is 15.5 Å². The quantitative estimate of drug-likeness (QED) is 0.400. The molecule has 0 atom stereocenters. The molecular formula is C19H22N4O4S. The van der Waals surface area contributed by atoms with E-state index in [1.54, 1.807) is 17.9 Å². The number of nitrogens with one attached hydrogen (secondary N) is 2. The number of hydrogen-bond acceptors (Lipinski definition) is 6. The van der Waals surface area contributed by atoms with Gasteiger partial charge in [-0.1, -0.05) is 0 Å². The average Bonchev–Trinajstić information content (AvgIpc) is 3.35. The Kier molecular flexibility index (Phi) is 6.99. The second-order valence-electron chi connectivity index (χ2n) is 6.00. The first-order chi connectivity index (χ1) is 13.7. The fourth-order valence-corrected chi connectivity index (χ4v) is 2.79. The normalized spacial score (nSPS) is 10.8. The first kappa shape index (κ1) is 19.8. The molecule has 0 aliphatic heterocycles. The Morgan fingerprint density at radius 1 is 1.32 bits per heavy atom. The number of methoxy groups -OCH3 is 1. The van der Waals surface area contributed by atoms with E-state index in [1.807, 2.05) is 36.4 Å². The van der Waals surface area contributed by atoms with Crippen LogP contribution in [0.5, 0.6) is 5.75 Å². The molecule has 0 saturated carbocycles. The molecular weight excluding hydrogens is 380 g/mol. The van der Waals surface area contributed by atoms with Crippen molar-refractivity contribution in [2.75, 3.05) is 20.3 Å². The Hall–Kier alpha value is -2.91. The monoisotopic (exact) mass is 402 g/mol. The van der Waals surface area contributed by atoms with E-state index in [4.69, 9.17) is 26.1 Å². The van der Waals surface area contributed by atoms with Crippen LogP contribution in [0.4, 0.5) is 0 Å². The van der Waals surface area contributed by atoms with Gasteiger partial charge in [0.1, 0.15) is 24.7 Å². The molecule has 0 aliphatic rings. The Morgan fingerprint density at radius 2 is 2.14 bits per heavy atom. The van der Waals surface area contributed by atoms with E-state index in [1.165, 1.54) is 0 Å². The molecule has 2 N–H and O–H groups in total. The van der Waals surface area contributed by atoms with Gasteiger partial charge in [-0.2, -0.15) is 5.10 Å². The van der Waals surface area contributed by atoms with Gasteiger partial charge < -0.3 is 19.2 Å². The third kappa shape index (κ3) is 5.30. The number of nitrogens with zero attached hydrogens (tertiary/aromatic N) is 2. The molecule has 8 nitrogen and oxygen atoms in total. The minimum Gasteiger partial charge on any atom is -0.497 e. The summed E-state index contributed by atoms with van der Waals surface area (Å²) in [5, 5.41) is 9.85. The lowest BCUT2D eigenvalue weighted by molar-refractivity contribution is -0.121. The summed E-state index contributed by atoms with van der Waals surface area (Å²) in [7, 11) is 1.61. The SMILES string of the molecule is COc1ccc(-c2n[nH]c(=S)n2CC(=O)NCCCOCc2ccco2)cc1. The fraction of sp³-hybridized carbons (Fsp3) is 0.316. The molecule has 1 amide bonds. The van der Waals surface area contributed by atoms with Gasteiger partial charge in [0.2, 0.25) is 5.91 Å². The third-order valence-corrected chi connectivity index (χ3v) is 4.33. The second-order valence-corrected chi connectivity index (χ2v) is 6.39. The second kappa shape index (κ2) is 9.86. The van der Waals surface area contributed by atoms with Gasteiger partial charge in [0, 0.05) is 18.7 Å². The highest BCUT2D eigenvalue weighted by molar-refractivity contribution is 7.71. The molecule has 0 spiro atoms. The number of amides is 1. The number of H-pyrrole nitrogens is 1. The molecule has 2 heterocycles. The minimum atomic E-state index is -0.140. The zero-order valence-corrected chi connectivity index (χ0v) is 16.3. The van der Waals surface area contributed by atoms with Crippen LogP contribution in [0.1, 0.15) is 12.2 Å². The van der Waals surface area contributed by atoms with Crippen LogP contribution in [0.15, 0.2) is 47.1 Å². The van der Waals surface area contributed by atoms with Gasteiger partial charge >= 0.3 is 0 Å². The zero-order valence-electron chi connectivity index (χ0n) is 15.5. The van der Waals surface area contributed by atoms with Crippen molar-refractivity contribution in [1.29, 1.82) is 0 Å². The number of benzene rings is 1. The van der Waals surface area contributed by atoms with Crippen LogP contribution in [0.25, 0.3) is 11.4 Å². The van der Waals surface area contributed by atoms with E-state index in [0.29, 0.717) is 36.8 Å². The molecule has 0 unspecified atom stereocenters. The Balaban J connectivity index is 1.47. The maximum Gasteiger partial charge on any atom is 0.240 e. The Labute approximate surface area is 167 Å². The highest BCUT2D eigenvalue weighted by Crippen LogP contribution is 2.20. The predicted octanol–water partition coefficient (Wildman–Crippen LogP) is 2.93. The molecule has 2 aromatic heterocycles. The van der Waals surface area contributed by atoms with Crippen LogP contribution in [-0.2, 0) is 22.7 Å². The molecule has 1 aromatic carbocycles. The van der Waals surface area contributed by atoms with Crippen molar-refractivity contribution in [3.8, 4) is 17.1 Å². The number of ether oxygens (including phenoxy) is 2. The standard InChI is InChI=1S/C19H22N4O4S/c1-25-15-7-5-14(6-8-15)18-21-22-19(28)23(18)12-17(24)20-9-3-10-26-13-16-4-2-11-27-16/h2,4-8,11H,3,9-10,12-13H2,1H3,(H,20,24)(H,22,28). The highest BCUT2D eigenvalue weighted by Gasteiger charge is 2.12. The lowest BCUT2D eigenvalue weighted by Gasteiger charge is -2.09. The van der Waals surface area contributed by atoms with Crippen LogP contribution < -0.4 is 10.1 Å². The zero-order chi connectivity index (χ0) is 19.8. The van der Waals surface area contributed by atoms with Crippen molar-refractivity contribution < 1.29 is 18.7 Å². The topological polar surface area (TPSA) is 94.3 Å². The van der Waals surface area contributed by atoms with Crippen molar-refractivity contribution in [1.82, 2.24) is 20.1 Å². The van der Waals surface area contributed by atoms with E-state index < -0.39 is 0 Å². The van der Waals surface area contributed by atoms with Crippen molar-refractivity contribution in [3.63, 3.8) is 0 Å². The number of carbonyl (C=O) groups excluding carboxylic acids is 1. The molecule has 0 radical (unpaired) electrons. The number of rotatable bonds is 10. The first-order valence-corrected chi connectivity index (χ1v) is 9.24. The van der Waals surface area contributed by atoms with Crippen molar-refractivity contribution >= 4 is 18.1 Å². The summed E-state index contributed by atoms with van der Waals surface area (Å²) in [4.78, 5) is 12.3. The lowest BCUT2D eigenvalue weighted by Crippen LogP contribution is -2.29. The van der Waals surface area contributed by atoms with E-state index in [-0.39, 0.29) is 12.5 Å². The van der Waals surface area contributed by atoms with Gasteiger partial charge in [-0.3, -0.25) is 14.5 Å². The van der Waals surface area contributed by atoms with Gasteiger partial charge in [0.25, 0.3) is 0 Å². The first-order valence-electron chi connectivity index (χ1n) is 8.84. The van der Waals surface area contributed by atoms with Crippen molar-refractivity contribution in [3.05, 3.63) is 53.2 Å². The molecule has 3 aromatic rings. The maximum absolute atomic E-state index is 12.3. The van der Waals surface area contributed by atoms with Crippen LogP contribution >= 0.6 is 12.2 Å². The molecule has 0 aliphatic carbocycles. The summed E-state index contributed by atoms with van der Waals surface area (Å²) >= 11 is 5.26. The van der Waals surface area contributed by atoms with Crippen LogP contribution in [0.3, 0.4) is 0 Å². The summed E-state index contributed by atoms with van der Waals surface area (Å²) in [6.07, 6.45) is 2.31. The third-order valence-electron chi connectivity index (χ3n) is 4.02. The smallest absolute Gasteiger partial charge is 0.240 e. The van der Waals surface area contributed by atoms with Gasteiger partial charge in [-0.25, -0.2) is 0 Å². The van der Waals surface area contributed by atoms with Crippen molar-refractivity contribution in [2.24, 2.45) is 0 Å². The number of aromatic nitrogens is 3. The molecule has 28 heavy (non-hydrogen) atoms. The van der Waals surface area contributed by atoms with Crippen LogP contribution in [-0.4, -0.2) is 40.9 Å². The number of carbonyl (C=O) groups is 1. The van der Waals surface area contributed by atoms with Crippen LogP contribution in [0.2, 0.25) is 0 Å². The molecule has 0 bridgehead atoms. The number of aromatic amines is 1. The van der Waals surface area contributed by atoms with Gasteiger partial charge in [0.15, 0.2) is 10.6 Å². The van der Waals surface area contributed by atoms with E-state index in [0.717, 1.165) is 17.1 Å². The van der Waals surface area contributed by atoms with Gasteiger partial charge in [0.05, 0.1) is 13.4 Å². The summed E-state index contributed by atoms with van der Waals surface area (Å²) in [5.74, 6) is 1.99. The molecule has 9 heteroatoms. The largest absolute Gasteiger partial charge is 0.497 e. The summed E-state index contributed by atoms with van der Waals surface area (Å²) in [5.41, 5.74) is 0.840. The van der Waals surface area contributed by atoms with E-state index >= 15 is 0 Å². The molecule has 0 saturated heterocycles. The summed E-state index contributed by atoms with van der Waals surface area (Å²) in [6, 6.07) is 11.1.